The van der Waals surface area contributed by atoms with Crippen LogP contribution in [0.1, 0.15) is 25.7 Å². The summed E-state index contributed by atoms with van der Waals surface area (Å²) >= 11 is 0. The van der Waals surface area contributed by atoms with Crippen molar-refractivity contribution in [3.8, 4) is 0 Å². The monoisotopic (exact) mass is 258 g/mol. The first-order chi connectivity index (χ1) is 6.95. The summed E-state index contributed by atoms with van der Waals surface area (Å²) in [5, 5.41) is 0. The van der Waals surface area contributed by atoms with Crippen molar-refractivity contribution in [2.45, 2.75) is 25.7 Å². The second-order valence-corrected chi connectivity index (χ2v) is 4.57. The van der Waals surface area contributed by atoms with Gasteiger partial charge in [-0.2, -0.15) is 0 Å². The summed E-state index contributed by atoms with van der Waals surface area (Å²) < 4.78 is 35.3. The fraction of sp³-hybridized carbons (Fsp3) is 0.667. The number of carbonyl (C=O) groups is 1. The zero-order valence-electron chi connectivity index (χ0n) is 9.48. The Morgan fingerprint density at radius 2 is 1.81 bits per heavy atom. The first kappa shape index (κ1) is 18.5. The maximum absolute atomic E-state index is 10.6. The molecule has 0 aromatic heterocycles. The quantitative estimate of drug-likeness (QED) is 0.163. The summed E-state index contributed by atoms with van der Waals surface area (Å²) in [7, 11) is -4.08. The molecule has 0 N–H and O–H groups in total. The second-order valence-electron chi connectivity index (χ2n) is 3.05. The van der Waals surface area contributed by atoms with Gasteiger partial charge in [0, 0.05) is 11.8 Å². The molecule has 0 aromatic rings. The number of rotatable bonds is 8. The van der Waals surface area contributed by atoms with Crippen molar-refractivity contribution >= 4 is 16.1 Å². The largest absolute Gasteiger partial charge is 1.00 e. The molecule has 0 bridgehead atoms. The first-order valence-electron chi connectivity index (χ1n) is 4.68. The molecule has 7 heteroatoms. The van der Waals surface area contributed by atoms with Crippen molar-refractivity contribution in [2.75, 3.05) is 12.4 Å². The van der Waals surface area contributed by atoms with Crippen molar-refractivity contribution < 1.29 is 52.1 Å². The Kier molecular flexibility index (Phi) is 11.9. The van der Waals surface area contributed by atoms with Crippen LogP contribution in [0, 0.1) is 0 Å². The van der Waals surface area contributed by atoms with Gasteiger partial charge in [-0.15, -0.1) is 0 Å². The molecule has 0 fully saturated rings. The van der Waals surface area contributed by atoms with Gasteiger partial charge in [0.2, 0.25) is 0 Å². The Bertz CT molecular complexity index is 299. The van der Waals surface area contributed by atoms with Gasteiger partial charge in [0.1, 0.15) is 0 Å². The Labute approximate surface area is 118 Å². The van der Waals surface area contributed by atoms with E-state index in [9.17, 15) is 17.8 Å². The van der Waals surface area contributed by atoms with E-state index < -0.39 is 16.1 Å². The van der Waals surface area contributed by atoms with Crippen molar-refractivity contribution in [3.63, 3.8) is 0 Å². The summed E-state index contributed by atoms with van der Waals surface area (Å²) in [5.41, 5.74) is 0. The first-order valence-corrected chi connectivity index (χ1v) is 6.26. The van der Waals surface area contributed by atoms with E-state index in [1.807, 2.05) is 0 Å². The van der Waals surface area contributed by atoms with Crippen molar-refractivity contribution in [3.05, 3.63) is 12.7 Å². The summed E-state index contributed by atoms with van der Waals surface area (Å²) in [5.74, 6) is -0.781. The van der Waals surface area contributed by atoms with Gasteiger partial charge >= 0.3 is 35.5 Å². The molecule has 88 valence electrons. The van der Waals surface area contributed by atoms with Crippen molar-refractivity contribution in [2.24, 2.45) is 0 Å². The SMILES string of the molecule is C=CC(=O)OCCCCCCS(=O)(=O)[O-].[Na+]. The summed E-state index contributed by atoms with van der Waals surface area (Å²) in [4.78, 5) is 10.6. The van der Waals surface area contributed by atoms with Crippen LogP contribution in [-0.4, -0.2) is 31.3 Å². The average molecular weight is 258 g/mol. The fourth-order valence-corrected chi connectivity index (χ4v) is 1.52. The van der Waals surface area contributed by atoms with E-state index in [0.717, 1.165) is 12.5 Å². The van der Waals surface area contributed by atoms with Crippen LogP contribution in [0.3, 0.4) is 0 Å². The average Bonchev–Trinajstić information content (AvgIpc) is 2.14. The molecule has 0 amide bonds. The van der Waals surface area contributed by atoms with Crippen LogP contribution < -0.4 is 29.6 Å². The van der Waals surface area contributed by atoms with Gasteiger partial charge in [-0.3, -0.25) is 0 Å². The van der Waals surface area contributed by atoms with E-state index in [4.69, 9.17) is 4.74 Å². The molecule has 0 radical (unpaired) electrons. The van der Waals surface area contributed by atoms with Gasteiger partial charge in [0.05, 0.1) is 16.7 Å². The smallest absolute Gasteiger partial charge is 0.748 e. The minimum absolute atomic E-state index is 0. The predicted molar refractivity (Wildman–Crippen MR) is 54.2 cm³/mol. The number of esters is 1. The van der Waals surface area contributed by atoms with E-state index >= 15 is 0 Å². The molecule has 0 unspecified atom stereocenters. The zero-order chi connectivity index (χ0) is 11.7. The molecule has 0 aliphatic carbocycles. The second kappa shape index (κ2) is 10.3. The summed E-state index contributed by atoms with van der Waals surface area (Å²) in [6.07, 6.45) is 3.50. The topological polar surface area (TPSA) is 83.5 Å². The molecular formula is C9H15NaO5S. The molecule has 0 aliphatic rings. The molecule has 5 nitrogen and oxygen atoms in total. The standard InChI is InChI=1S/C9H16O5S.Na/c1-2-9(10)14-7-5-3-4-6-8-15(11,12)13;/h2H,1,3-8H2,(H,11,12,13);/q;+1/p-1. The van der Waals surface area contributed by atoms with E-state index in [1.54, 1.807) is 0 Å². The van der Waals surface area contributed by atoms with Crippen LogP contribution in [0.2, 0.25) is 0 Å². The zero-order valence-corrected chi connectivity index (χ0v) is 12.3. The van der Waals surface area contributed by atoms with E-state index in [0.29, 0.717) is 25.9 Å². The number of hydrogen-bond acceptors (Lipinski definition) is 5. The van der Waals surface area contributed by atoms with E-state index in [1.165, 1.54) is 0 Å². The van der Waals surface area contributed by atoms with Crippen LogP contribution in [-0.2, 0) is 19.6 Å². The molecule has 0 spiro atoms. The van der Waals surface area contributed by atoms with E-state index in [-0.39, 0.29) is 35.3 Å². The minimum Gasteiger partial charge on any atom is -0.748 e. The predicted octanol–water partition coefficient (Wildman–Crippen LogP) is -2.17. The molecule has 0 aliphatic heterocycles. The maximum atomic E-state index is 10.6. The molecule has 0 rings (SSSR count). The fourth-order valence-electron chi connectivity index (χ4n) is 0.966. The van der Waals surface area contributed by atoms with Crippen LogP contribution in [0.5, 0.6) is 0 Å². The molecule has 0 saturated carbocycles. The number of hydrogen-bond donors (Lipinski definition) is 0. The molecule has 16 heavy (non-hydrogen) atoms. The van der Waals surface area contributed by atoms with Gasteiger partial charge in [-0.05, 0) is 12.8 Å². The van der Waals surface area contributed by atoms with Gasteiger partial charge in [-0.1, -0.05) is 19.4 Å². The van der Waals surface area contributed by atoms with Gasteiger partial charge in [-0.25, -0.2) is 13.2 Å². The van der Waals surface area contributed by atoms with Crippen LogP contribution in [0.4, 0.5) is 0 Å². The normalized spacial score (nSPS) is 10.3. The summed E-state index contributed by atoms with van der Waals surface area (Å²) in [6.45, 7) is 3.54. The Balaban J connectivity index is 0. The number of carbonyl (C=O) groups excluding carboxylic acids is 1. The molecule has 0 aromatic carbocycles. The Hall–Kier alpha value is 0.120. The van der Waals surface area contributed by atoms with Crippen LogP contribution in [0.15, 0.2) is 12.7 Å². The van der Waals surface area contributed by atoms with Gasteiger partial charge in [0.15, 0.2) is 0 Å². The number of ether oxygens (including phenoxy) is 1. The van der Waals surface area contributed by atoms with Crippen LogP contribution in [0.25, 0.3) is 0 Å². The summed E-state index contributed by atoms with van der Waals surface area (Å²) in [6, 6.07) is 0. The molecule has 0 saturated heterocycles. The van der Waals surface area contributed by atoms with Crippen molar-refractivity contribution in [1.82, 2.24) is 0 Å². The van der Waals surface area contributed by atoms with E-state index in [2.05, 4.69) is 6.58 Å². The number of unbranched alkanes of at least 4 members (excludes halogenated alkanes) is 3. The Morgan fingerprint density at radius 1 is 1.25 bits per heavy atom. The van der Waals surface area contributed by atoms with Crippen LogP contribution >= 0.6 is 0 Å². The molecular weight excluding hydrogens is 243 g/mol. The third-order valence-corrected chi connectivity index (χ3v) is 2.49. The molecule has 0 atom stereocenters. The third-order valence-electron chi connectivity index (χ3n) is 1.70. The third kappa shape index (κ3) is 14.1. The van der Waals surface area contributed by atoms with Gasteiger partial charge in [0.25, 0.3) is 0 Å². The maximum Gasteiger partial charge on any atom is 1.00 e. The van der Waals surface area contributed by atoms with Crippen molar-refractivity contribution in [1.29, 1.82) is 0 Å². The van der Waals surface area contributed by atoms with Gasteiger partial charge < -0.3 is 9.29 Å². The molecule has 0 heterocycles. The minimum atomic E-state index is -4.08. The Morgan fingerprint density at radius 3 is 2.31 bits per heavy atom.